The molecular weight excluding hydrogens is 326 g/mol. The van der Waals surface area contributed by atoms with Crippen LogP contribution in [-0.2, 0) is 4.79 Å². The molecule has 0 bridgehead atoms. The first kappa shape index (κ1) is 17.9. The van der Waals surface area contributed by atoms with Gasteiger partial charge in [-0.05, 0) is 39.1 Å². The van der Waals surface area contributed by atoms with Crippen LogP contribution >= 0.6 is 0 Å². The summed E-state index contributed by atoms with van der Waals surface area (Å²) in [5, 5.41) is 3.77. The van der Waals surface area contributed by atoms with Gasteiger partial charge in [0, 0.05) is 27.8 Å². The van der Waals surface area contributed by atoms with Crippen LogP contribution in [0.3, 0.4) is 0 Å². The molecule has 0 aliphatic carbocycles. The second-order valence-corrected chi connectivity index (χ2v) is 6.68. The Hall–Kier alpha value is -2.92. The van der Waals surface area contributed by atoms with Crippen molar-refractivity contribution in [2.75, 3.05) is 25.5 Å². The zero-order valence-corrected chi connectivity index (χ0v) is 15.3. The summed E-state index contributed by atoms with van der Waals surface area (Å²) in [6.45, 7) is 4.24. The molecule has 0 aliphatic heterocycles. The number of fused-ring (bicyclic) bond motifs is 1. The average Bonchev–Trinajstić information content (AvgIpc) is 2.92. The number of aryl methyl sites for hydroxylation is 2. The number of aromatic amines is 1. The molecule has 5 heteroatoms. The highest BCUT2D eigenvalue weighted by Gasteiger charge is 2.18. The zero-order valence-electron chi connectivity index (χ0n) is 15.3. The number of benzene rings is 2. The summed E-state index contributed by atoms with van der Waals surface area (Å²) < 4.78 is 0. The third kappa shape index (κ3) is 4.00. The predicted molar refractivity (Wildman–Crippen MR) is 105 cm³/mol. The molecule has 1 amide bonds. The Morgan fingerprint density at radius 1 is 1.00 bits per heavy atom. The Bertz CT molecular complexity index is 942. The maximum absolute atomic E-state index is 12.7. The minimum absolute atomic E-state index is 0.00517. The zero-order chi connectivity index (χ0) is 18.7. The molecule has 3 aromatic rings. The molecule has 0 radical (unpaired) electrons. The molecule has 5 nitrogen and oxygen atoms in total. The Morgan fingerprint density at radius 2 is 1.69 bits per heavy atom. The number of carbonyl (C=O) groups is 2. The SMILES string of the molecule is Cc1ccc(NC(=O)CN(C)CC(=O)c2c(C)[nH]c3ccccc23)cc1. The summed E-state index contributed by atoms with van der Waals surface area (Å²) in [6.07, 6.45) is 0. The van der Waals surface area contributed by atoms with Crippen molar-refractivity contribution in [2.45, 2.75) is 13.8 Å². The summed E-state index contributed by atoms with van der Waals surface area (Å²) >= 11 is 0. The number of carbonyl (C=O) groups excluding carboxylic acids is 2. The summed E-state index contributed by atoms with van der Waals surface area (Å²) in [7, 11) is 1.77. The highest BCUT2D eigenvalue weighted by atomic mass is 16.2. The molecule has 0 fully saturated rings. The maximum Gasteiger partial charge on any atom is 0.238 e. The van der Waals surface area contributed by atoms with E-state index in [0.29, 0.717) is 5.56 Å². The van der Waals surface area contributed by atoms with E-state index in [2.05, 4.69) is 10.3 Å². The first-order valence-corrected chi connectivity index (χ1v) is 8.59. The van der Waals surface area contributed by atoms with Gasteiger partial charge in [-0.25, -0.2) is 0 Å². The smallest absolute Gasteiger partial charge is 0.238 e. The van der Waals surface area contributed by atoms with E-state index in [1.807, 2.05) is 62.4 Å². The largest absolute Gasteiger partial charge is 0.358 e. The molecule has 1 aromatic heterocycles. The lowest BCUT2D eigenvalue weighted by molar-refractivity contribution is -0.116. The van der Waals surface area contributed by atoms with Gasteiger partial charge in [0.1, 0.15) is 0 Å². The van der Waals surface area contributed by atoms with Crippen LogP contribution in [0.2, 0.25) is 0 Å². The van der Waals surface area contributed by atoms with Crippen LogP contribution in [-0.4, -0.2) is 41.7 Å². The number of ketones is 1. The van der Waals surface area contributed by atoms with Crippen LogP contribution in [0, 0.1) is 13.8 Å². The number of aromatic nitrogens is 1. The first-order valence-electron chi connectivity index (χ1n) is 8.59. The van der Waals surface area contributed by atoms with Gasteiger partial charge in [0.15, 0.2) is 5.78 Å². The molecule has 134 valence electrons. The molecule has 0 atom stereocenters. The van der Waals surface area contributed by atoms with Gasteiger partial charge >= 0.3 is 0 Å². The summed E-state index contributed by atoms with van der Waals surface area (Å²) in [4.78, 5) is 29.9. The number of nitrogens with one attached hydrogen (secondary N) is 2. The molecule has 26 heavy (non-hydrogen) atoms. The third-order valence-corrected chi connectivity index (χ3v) is 4.33. The predicted octanol–water partition coefficient (Wildman–Crippen LogP) is 3.54. The summed E-state index contributed by atoms with van der Waals surface area (Å²) in [5.41, 5.74) is 4.40. The van der Waals surface area contributed by atoms with Crippen molar-refractivity contribution >= 4 is 28.3 Å². The van der Waals surface area contributed by atoms with Crippen LogP contribution in [0.25, 0.3) is 10.9 Å². The van der Waals surface area contributed by atoms with Crippen molar-refractivity contribution in [3.8, 4) is 0 Å². The number of hydrogen-bond donors (Lipinski definition) is 2. The van der Waals surface area contributed by atoms with Crippen LogP contribution < -0.4 is 5.32 Å². The molecule has 2 N–H and O–H groups in total. The third-order valence-electron chi connectivity index (χ3n) is 4.33. The Labute approximate surface area is 153 Å². The fourth-order valence-corrected chi connectivity index (χ4v) is 3.10. The fraction of sp³-hybridized carbons (Fsp3) is 0.238. The number of Topliss-reactive ketones (excluding diaryl/α,β-unsaturated/α-hetero) is 1. The molecular formula is C21H23N3O2. The Kier molecular flexibility index (Phi) is 5.19. The van der Waals surface area contributed by atoms with Crippen molar-refractivity contribution in [2.24, 2.45) is 0 Å². The van der Waals surface area contributed by atoms with Crippen LogP contribution in [0.1, 0.15) is 21.6 Å². The lowest BCUT2D eigenvalue weighted by Gasteiger charge is -2.15. The van der Waals surface area contributed by atoms with Crippen molar-refractivity contribution in [1.82, 2.24) is 9.88 Å². The molecule has 1 heterocycles. The number of H-pyrrole nitrogens is 1. The number of nitrogens with zero attached hydrogens (tertiary/aromatic N) is 1. The number of hydrogen-bond acceptors (Lipinski definition) is 3. The number of para-hydroxylation sites is 1. The second kappa shape index (κ2) is 7.54. The first-order chi connectivity index (χ1) is 12.4. The van der Waals surface area contributed by atoms with Gasteiger partial charge in [-0.2, -0.15) is 0 Å². The van der Waals surface area contributed by atoms with E-state index in [9.17, 15) is 9.59 Å². The quantitative estimate of drug-likeness (QED) is 0.669. The standard InChI is InChI=1S/C21H23N3O2/c1-14-8-10-16(11-9-14)23-20(26)13-24(3)12-19(25)21-15(2)22-18-7-5-4-6-17(18)21/h4-11,22H,12-13H2,1-3H3,(H,23,26). The van der Waals surface area contributed by atoms with Crippen molar-refractivity contribution in [1.29, 1.82) is 0 Å². The van der Waals surface area contributed by atoms with E-state index in [-0.39, 0.29) is 24.8 Å². The number of rotatable bonds is 6. The molecule has 0 unspecified atom stereocenters. The Balaban J connectivity index is 1.62. The van der Waals surface area contributed by atoms with Gasteiger partial charge in [0.2, 0.25) is 5.91 Å². The van der Waals surface area contributed by atoms with Gasteiger partial charge in [0.05, 0.1) is 13.1 Å². The molecule has 2 aromatic carbocycles. The highest BCUT2D eigenvalue weighted by Crippen LogP contribution is 2.22. The monoisotopic (exact) mass is 349 g/mol. The maximum atomic E-state index is 12.7. The lowest BCUT2D eigenvalue weighted by Crippen LogP contribution is -2.34. The van der Waals surface area contributed by atoms with E-state index in [1.54, 1.807) is 11.9 Å². The number of amides is 1. The van der Waals surface area contributed by atoms with E-state index in [1.165, 1.54) is 0 Å². The van der Waals surface area contributed by atoms with Crippen molar-refractivity contribution in [3.05, 3.63) is 65.4 Å². The van der Waals surface area contributed by atoms with E-state index in [4.69, 9.17) is 0 Å². The molecule has 0 saturated carbocycles. The van der Waals surface area contributed by atoms with Crippen LogP contribution in [0.5, 0.6) is 0 Å². The molecule has 0 saturated heterocycles. The summed E-state index contributed by atoms with van der Waals surface area (Å²) in [5.74, 6) is -0.134. The van der Waals surface area contributed by atoms with E-state index in [0.717, 1.165) is 27.8 Å². The van der Waals surface area contributed by atoms with Crippen molar-refractivity contribution < 1.29 is 9.59 Å². The van der Waals surface area contributed by atoms with E-state index >= 15 is 0 Å². The highest BCUT2D eigenvalue weighted by molar-refractivity contribution is 6.10. The number of anilines is 1. The summed E-state index contributed by atoms with van der Waals surface area (Å²) in [6, 6.07) is 15.4. The minimum atomic E-state index is -0.139. The lowest BCUT2D eigenvalue weighted by atomic mass is 10.1. The van der Waals surface area contributed by atoms with Gasteiger partial charge < -0.3 is 10.3 Å². The molecule has 3 rings (SSSR count). The van der Waals surface area contributed by atoms with Gasteiger partial charge in [-0.15, -0.1) is 0 Å². The van der Waals surface area contributed by atoms with Crippen LogP contribution in [0.4, 0.5) is 5.69 Å². The van der Waals surface area contributed by atoms with Gasteiger partial charge in [-0.3, -0.25) is 14.5 Å². The van der Waals surface area contributed by atoms with Gasteiger partial charge in [-0.1, -0.05) is 35.9 Å². The molecule has 0 spiro atoms. The topological polar surface area (TPSA) is 65.2 Å². The second-order valence-electron chi connectivity index (χ2n) is 6.68. The number of likely N-dealkylation sites (N-methyl/N-ethyl adjacent to an activating group) is 1. The fourth-order valence-electron chi connectivity index (χ4n) is 3.10. The van der Waals surface area contributed by atoms with Crippen LogP contribution in [0.15, 0.2) is 48.5 Å². The normalized spacial score (nSPS) is 11.1. The average molecular weight is 349 g/mol. The van der Waals surface area contributed by atoms with E-state index < -0.39 is 0 Å². The Morgan fingerprint density at radius 3 is 2.42 bits per heavy atom. The minimum Gasteiger partial charge on any atom is -0.358 e. The van der Waals surface area contributed by atoms with Gasteiger partial charge in [0.25, 0.3) is 0 Å². The molecule has 0 aliphatic rings. The van der Waals surface area contributed by atoms with Crippen molar-refractivity contribution in [3.63, 3.8) is 0 Å².